The molecule has 0 bridgehead atoms. The third kappa shape index (κ3) is 49.6. The van der Waals surface area contributed by atoms with E-state index in [1.54, 1.807) is 6.08 Å². The molecule has 2 unspecified atom stereocenters. The Bertz CT molecular complexity index is 982. The van der Waals surface area contributed by atoms with Gasteiger partial charge < -0.3 is 20.3 Å². The van der Waals surface area contributed by atoms with E-state index in [4.69, 9.17) is 4.74 Å². The van der Waals surface area contributed by atoms with Gasteiger partial charge in [0.1, 0.15) is 0 Å². The van der Waals surface area contributed by atoms with Gasteiger partial charge in [-0.05, 0) is 57.8 Å². The van der Waals surface area contributed by atoms with Crippen molar-refractivity contribution in [2.24, 2.45) is 0 Å². The molecule has 0 spiro atoms. The summed E-state index contributed by atoms with van der Waals surface area (Å²) in [5.74, 6) is -0.0736. The monoisotopic (exact) mass is 888 g/mol. The summed E-state index contributed by atoms with van der Waals surface area (Å²) in [6.07, 6.45) is 63.3. The van der Waals surface area contributed by atoms with Gasteiger partial charge in [-0.2, -0.15) is 0 Å². The lowest BCUT2D eigenvalue weighted by molar-refractivity contribution is -0.143. The number of carbonyl (C=O) groups excluding carboxylic acids is 2. The van der Waals surface area contributed by atoms with Crippen molar-refractivity contribution < 1.29 is 24.5 Å². The van der Waals surface area contributed by atoms with Crippen LogP contribution in [0.4, 0.5) is 0 Å². The zero-order valence-electron chi connectivity index (χ0n) is 42.3. The van der Waals surface area contributed by atoms with Crippen molar-refractivity contribution in [2.45, 2.75) is 315 Å². The molecule has 0 aliphatic heterocycles. The van der Waals surface area contributed by atoms with Crippen LogP contribution < -0.4 is 5.32 Å². The molecule has 1 amide bonds. The van der Waals surface area contributed by atoms with Crippen molar-refractivity contribution in [1.82, 2.24) is 5.32 Å². The summed E-state index contributed by atoms with van der Waals surface area (Å²) in [5.41, 5.74) is 0. The second-order valence-electron chi connectivity index (χ2n) is 19.3. The normalized spacial score (nSPS) is 12.8. The summed E-state index contributed by atoms with van der Waals surface area (Å²) in [7, 11) is 0. The Morgan fingerprint density at radius 1 is 0.429 bits per heavy atom. The number of allylic oxidation sites excluding steroid dienone is 3. The molecule has 0 fully saturated rings. The highest BCUT2D eigenvalue weighted by Gasteiger charge is 2.18. The molecule has 0 aliphatic carbocycles. The van der Waals surface area contributed by atoms with E-state index < -0.39 is 12.1 Å². The molecule has 0 radical (unpaired) electrons. The third-order valence-electron chi connectivity index (χ3n) is 13.0. The highest BCUT2D eigenvalue weighted by Crippen LogP contribution is 2.17. The predicted octanol–water partition coefficient (Wildman–Crippen LogP) is 17.1. The zero-order chi connectivity index (χ0) is 45.8. The van der Waals surface area contributed by atoms with Gasteiger partial charge in [0.25, 0.3) is 0 Å². The Labute approximate surface area is 392 Å². The summed E-state index contributed by atoms with van der Waals surface area (Å²) in [6.45, 7) is 4.89. The summed E-state index contributed by atoms with van der Waals surface area (Å²) in [6, 6.07) is -0.630. The van der Waals surface area contributed by atoms with E-state index in [0.717, 1.165) is 44.9 Å². The number of aliphatic hydroxyl groups is 2. The van der Waals surface area contributed by atoms with E-state index in [1.165, 1.54) is 231 Å². The number of carbonyl (C=O) groups is 2. The van der Waals surface area contributed by atoms with Crippen LogP contribution in [0.5, 0.6) is 0 Å². The largest absolute Gasteiger partial charge is 0.466 e. The van der Waals surface area contributed by atoms with Crippen LogP contribution in [0, 0.1) is 0 Å². The molecule has 0 aromatic rings. The van der Waals surface area contributed by atoms with Crippen molar-refractivity contribution in [1.29, 1.82) is 0 Å². The van der Waals surface area contributed by atoms with Gasteiger partial charge in [-0.3, -0.25) is 9.59 Å². The number of rotatable bonds is 52. The minimum atomic E-state index is -0.846. The average Bonchev–Trinajstić information content (AvgIpc) is 3.28. The molecule has 372 valence electrons. The van der Waals surface area contributed by atoms with Crippen molar-refractivity contribution >= 4 is 11.9 Å². The van der Waals surface area contributed by atoms with E-state index in [0.29, 0.717) is 19.4 Å². The molecular weight excluding hydrogens is 779 g/mol. The van der Waals surface area contributed by atoms with E-state index in [-0.39, 0.29) is 18.5 Å². The molecular formula is C57H109NO5. The van der Waals surface area contributed by atoms with Gasteiger partial charge >= 0.3 is 5.97 Å². The first-order chi connectivity index (χ1) is 31.0. The smallest absolute Gasteiger partial charge is 0.305 e. The quantitative estimate of drug-likeness (QED) is 0.0321. The van der Waals surface area contributed by atoms with Crippen molar-refractivity contribution in [3.63, 3.8) is 0 Å². The molecule has 0 saturated heterocycles. The Morgan fingerprint density at radius 3 is 1.13 bits per heavy atom. The van der Waals surface area contributed by atoms with Crippen LogP contribution in [0.3, 0.4) is 0 Å². The van der Waals surface area contributed by atoms with Crippen LogP contribution in [-0.4, -0.2) is 47.4 Å². The lowest BCUT2D eigenvalue weighted by Gasteiger charge is -2.20. The summed E-state index contributed by atoms with van der Waals surface area (Å²) in [5, 5.41) is 23.1. The molecule has 3 N–H and O–H groups in total. The molecule has 63 heavy (non-hydrogen) atoms. The minimum absolute atomic E-state index is 0.00208. The van der Waals surface area contributed by atoms with E-state index in [2.05, 4.69) is 31.3 Å². The second kappa shape index (κ2) is 53.0. The number of esters is 1. The molecule has 0 aromatic carbocycles. The average molecular weight is 889 g/mol. The van der Waals surface area contributed by atoms with Gasteiger partial charge in [-0.15, -0.1) is 0 Å². The first-order valence-corrected chi connectivity index (χ1v) is 28.1. The highest BCUT2D eigenvalue weighted by atomic mass is 16.5. The molecule has 0 aliphatic rings. The summed E-state index contributed by atoms with van der Waals surface area (Å²) >= 11 is 0. The fraction of sp³-hybridized carbons (Fsp3) is 0.895. The van der Waals surface area contributed by atoms with Gasteiger partial charge in [0, 0.05) is 12.8 Å². The molecule has 2 atom stereocenters. The summed E-state index contributed by atoms with van der Waals surface area (Å²) < 4.78 is 5.47. The van der Waals surface area contributed by atoms with Gasteiger partial charge in [-0.1, -0.05) is 256 Å². The molecule has 6 nitrogen and oxygen atoms in total. The first-order valence-electron chi connectivity index (χ1n) is 28.1. The van der Waals surface area contributed by atoms with E-state index in [1.807, 2.05) is 6.08 Å². The number of nitrogens with one attached hydrogen (secondary N) is 1. The van der Waals surface area contributed by atoms with Crippen molar-refractivity contribution in [3.8, 4) is 0 Å². The fourth-order valence-electron chi connectivity index (χ4n) is 8.63. The van der Waals surface area contributed by atoms with Crippen LogP contribution in [0.25, 0.3) is 0 Å². The van der Waals surface area contributed by atoms with Gasteiger partial charge in [0.15, 0.2) is 0 Å². The van der Waals surface area contributed by atoms with E-state index >= 15 is 0 Å². The number of hydrogen-bond donors (Lipinski definition) is 3. The minimum Gasteiger partial charge on any atom is -0.466 e. The number of hydrogen-bond acceptors (Lipinski definition) is 5. The van der Waals surface area contributed by atoms with Crippen LogP contribution in [0.15, 0.2) is 24.3 Å². The maximum Gasteiger partial charge on any atom is 0.305 e. The molecule has 0 saturated carbocycles. The maximum absolute atomic E-state index is 12.4. The lowest BCUT2D eigenvalue weighted by Crippen LogP contribution is -2.45. The molecule has 0 rings (SSSR count). The first kappa shape index (κ1) is 61.3. The van der Waals surface area contributed by atoms with Crippen LogP contribution in [-0.2, 0) is 14.3 Å². The topological polar surface area (TPSA) is 95.9 Å². The van der Waals surface area contributed by atoms with Gasteiger partial charge in [0.05, 0.1) is 25.4 Å². The standard InChI is InChI=1S/C57H109NO5/c1-3-5-7-9-11-13-15-17-25-29-33-37-41-45-49-55(60)54(53-59)58-56(61)50-46-42-38-34-30-26-23-21-19-20-22-24-28-32-36-40-44-48-52-63-57(62)51-47-43-39-35-31-27-18-16-14-12-10-8-6-4-2/h16,18,45,49,54-55,59-60H,3-15,17,19-44,46-48,50-53H2,1-2H3,(H,58,61)/b18-16-,49-45+. The van der Waals surface area contributed by atoms with Crippen LogP contribution >= 0.6 is 0 Å². The van der Waals surface area contributed by atoms with Gasteiger partial charge in [-0.25, -0.2) is 0 Å². The van der Waals surface area contributed by atoms with Crippen molar-refractivity contribution in [3.05, 3.63) is 24.3 Å². The Kier molecular flexibility index (Phi) is 51.6. The van der Waals surface area contributed by atoms with Crippen LogP contribution in [0.1, 0.15) is 303 Å². The predicted molar refractivity (Wildman–Crippen MR) is 273 cm³/mol. The number of aliphatic hydroxyl groups excluding tert-OH is 2. The van der Waals surface area contributed by atoms with Crippen molar-refractivity contribution in [2.75, 3.05) is 13.2 Å². The van der Waals surface area contributed by atoms with E-state index in [9.17, 15) is 19.8 Å². The summed E-state index contributed by atoms with van der Waals surface area (Å²) in [4.78, 5) is 24.5. The Balaban J connectivity index is 3.43. The number of amides is 1. The molecule has 0 aromatic heterocycles. The second-order valence-corrected chi connectivity index (χ2v) is 19.3. The Morgan fingerprint density at radius 2 is 0.746 bits per heavy atom. The highest BCUT2D eigenvalue weighted by molar-refractivity contribution is 5.76. The molecule has 6 heteroatoms. The number of ether oxygens (including phenoxy) is 1. The maximum atomic E-state index is 12.4. The third-order valence-corrected chi connectivity index (χ3v) is 13.0. The SMILES string of the molecule is CCCCCCC/C=C\CCCCCCCC(=O)OCCCCCCCCCCCCCCCCCCCCC(=O)NC(CO)C(O)/C=C/CCCCCCCCCCCCCC. The zero-order valence-corrected chi connectivity index (χ0v) is 42.3. The fourth-order valence-corrected chi connectivity index (χ4v) is 8.63. The Hall–Kier alpha value is -1.66. The van der Waals surface area contributed by atoms with Gasteiger partial charge in [0.2, 0.25) is 5.91 Å². The van der Waals surface area contributed by atoms with Crippen LogP contribution in [0.2, 0.25) is 0 Å². The molecule has 0 heterocycles. The number of unbranched alkanes of at least 4 members (excludes halogenated alkanes) is 39. The lowest BCUT2D eigenvalue weighted by atomic mass is 10.0.